The van der Waals surface area contributed by atoms with Crippen molar-refractivity contribution in [3.05, 3.63) is 107 Å². The Morgan fingerprint density at radius 3 is 1.57 bits per heavy atom. The zero-order valence-electron chi connectivity index (χ0n) is 28.7. The molecule has 4 heteroatoms. The van der Waals surface area contributed by atoms with Crippen LogP contribution in [0.5, 0.6) is 0 Å². The molecule has 2 heterocycles. The number of aromatic nitrogens is 4. The van der Waals surface area contributed by atoms with E-state index in [4.69, 9.17) is 15.0 Å². The fourth-order valence-corrected chi connectivity index (χ4v) is 6.95. The van der Waals surface area contributed by atoms with E-state index in [1.165, 1.54) is 60.3 Å². The second-order valence-electron chi connectivity index (χ2n) is 15.0. The van der Waals surface area contributed by atoms with E-state index < -0.39 is 0 Å². The van der Waals surface area contributed by atoms with Gasteiger partial charge in [0, 0.05) is 17.0 Å². The molecule has 7 aromatic rings. The zero-order valence-corrected chi connectivity index (χ0v) is 28.7. The normalized spacial score (nSPS) is 12.6. The average Bonchev–Trinajstić information content (AvgIpc) is 2.97. The summed E-state index contributed by atoms with van der Waals surface area (Å²) in [6, 6.07) is 27.6. The summed E-state index contributed by atoms with van der Waals surface area (Å²) in [5, 5.41) is 7.38. The third kappa shape index (κ3) is 5.10. The number of aryl methyl sites for hydroxylation is 4. The number of nitrogens with zero attached hydrogens (tertiary/aromatic N) is 4. The summed E-state index contributed by atoms with van der Waals surface area (Å²) >= 11 is 0. The Kier molecular flexibility index (Phi) is 6.79. The minimum atomic E-state index is 0.0206. The number of hydrogen-bond donors (Lipinski definition) is 0. The first-order chi connectivity index (χ1) is 21.7. The minimum Gasteiger partial charge on any atom is -0.258 e. The van der Waals surface area contributed by atoms with Gasteiger partial charge in [-0.1, -0.05) is 90.1 Å². The number of rotatable bonds is 3. The van der Waals surface area contributed by atoms with Crippen LogP contribution in [-0.2, 0) is 10.8 Å². The lowest BCUT2D eigenvalue weighted by Crippen LogP contribution is -2.16. The topological polar surface area (TPSA) is 51.6 Å². The van der Waals surface area contributed by atoms with E-state index in [2.05, 4.69) is 133 Å². The van der Waals surface area contributed by atoms with E-state index in [1.807, 2.05) is 13.8 Å². The maximum absolute atomic E-state index is 4.79. The van der Waals surface area contributed by atoms with Gasteiger partial charge in [0.15, 0.2) is 5.82 Å². The van der Waals surface area contributed by atoms with Crippen LogP contribution in [-0.4, -0.2) is 19.9 Å². The van der Waals surface area contributed by atoms with Crippen molar-refractivity contribution in [3.63, 3.8) is 0 Å². The van der Waals surface area contributed by atoms with Crippen LogP contribution in [0, 0.1) is 27.7 Å². The lowest BCUT2D eigenvalue weighted by atomic mass is 9.78. The van der Waals surface area contributed by atoms with Crippen LogP contribution >= 0.6 is 0 Å². The van der Waals surface area contributed by atoms with Crippen LogP contribution in [0.3, 0.4) is 0 Å². The van der Waals surface area contributed by atoms with Gasteiger partial charge in [-0.25, -0.2) is 15.0 Å². The van der Waals surface area contributed by atoms with Crippen molar-refractivity contribution in [2.24, 2.45) is 0 Å². The predicted octanol–water partition coefficient (Wildman–Crippen LogP) is 11.0. The highest BCUT2D eigenvalue weighted by Crippen LogP contribution is 2.46. The second kappa shape index (κ2) is 10.4. The molecular weight excluding hydrogens is 560 g/mol. The van der Waals surface area contributed by atoms with Gasteiger partial charge in [-0.3, -0.25) is 4.98 Å². The third-order valence-electron chi connectivity index (χ3n) is 9.25. The van der Waals surface area contributed by atoms with Crippen molar-refractivity contribution in [3.8, 4) is 33.6 Å². The van der Waals surface area contributed by atoms with Crippen molar-refractivity contribution in [2.45, 2.75) is 80.1 Å². The molecule has 0 N–H and O–H groups in total. The van der Waals surface area contributed by atoms with E-state index >= 15 is 0 Å². The molecule has 7 rings (SSSR count). The number of pyridine rings is 1. The number of benzene rings is 5. The highest BCUT2D eigenvalue weighted by molar-refractivity contribution is 6.30. The van der Waals surface area contributed by atoms with Gasteiger partial charge in [-0.05, 0) is 128 Å². The molecule has 0 aliphatic carbocycles. The summed E-state index contributed by atoms with van der Waals surface area (Å²) in [6.45, 7) is 21.9. The average molecular weight is 603 g/mol. The standard InChI is InChI=1S/C42H42N4/c1-23-17-28(18-24(2)43-23)36-22-37-32(29-19-30(41(5,6)7)21-31(20-29)42(8,9)10)13-11-27-12-14-33-35(16-15-34(36)39(33)38(27)37)40-45-25(3)44-26(4)46-40/h11-22H,1-10H3. The molecule has 0 aliphatic heterocycles. The fourth-order valence-electron chi connectivity index (χ4n) is 6.95. The van der Waals surface area contributed by atoms with E-state index in [9.17, 15) is 0 Å². The Morgan fingerprint density at radius 1 is 0.435 bits per heavy atom. The van der Waals surface area contributed by atoms with Gasteiger partial charge in [0.1, 0.15) is 11.6 Å². The molecule has 0 fully saturated rings. The van der Waals surface area contributed by atoms with E-state index in [-0.39, 0.29) is 10.8 Å². The highest BCUT2D eigenvalue weighted by atomic mass is 15.0. The molecular formula is C42H42N4. The van der Waals surface area contributed by atoms with Crippen LogP contribution in [0.4, 0.5) is 0 Å². The van der Waals surface area contributed by atoms with Gasteiger partial charge in [0.05, 0.1) is 0 Å². The van der Waals surface area contributed by atoms with Crippen LogP contribution < -0.4 is 0 Å². The van der Waals surface area contributed by atoms with E-state index in [0.29, 0.717) is 5.82 Å². The van der Waals surface area contributed by atoms with Gasteiger partial charge in [-0.15, -0.1) is 0 Å². The lowest BCUT2D eigenvalue weighted by Gasteiger charge is -2.27. The molecule has 230 valence electrons. The first kappa shape index (κ1) is 30.0. The van der Waals surface area contributed by atoms with Crippen LogP contribution in [0.25, 0.3) is 66.0 Å². The first-order valence-electron chi connectivity index (χ1n) is 16.2. The van der Waals surface area contributed by atoms with Crippen molar-refractivity contribution >= 4 is 32.3 Å². The summed E-state index contributed by atoms with van der Waals surface area (Å²) < 4.78 is 0. The Balaban J connectivity index is 1.65. The smallest absolute Gasteiger partial charge is 0.163 e. The molecule has 0 unspecified atom stereocenters. The second-order valence-corrected chi connectivity index (χ2v) is 15.0. The maximum atomic E-state index is 4.79. The molecule has 2 aromatic heterocycles. The van der Waals surface area contributed by atoms with Gasteiger partial charge >= 0.3 is 0 Å². The molecule has 0 saturated heterocycles. The summed E-state index contributed by atoms with van der Waals surface area (Å²) in [5.41, 5.74) is 10.7. The molecule has 4 nitrogen and oxygen atoms in total. The van der Waals surface area contributed by atoms with E-state index in [0.717, 1.165) is 34.0 Å². The molecule has 0 bridgehead atoms. The summed E-state index contributed by atoms with van der Waals surface area (Å²) in [6.07, 6.45) is 0. The summed E-state index contributed by atoms with van der Waals surface area (Å²) in [5.74, 6) is 2.17. The Labute approximate surface area is 272 Å². The van der Waals surface area contributed by atoms with Crippen LogP contribution in [0.1, 0.15) is 75.7 Å². The SMILES string of the molecule is Cc1cc(-c2cc3c(-c4cc(C(C)(C)C)cc(C(C)(C)C)c4)ccc4ccc5c(-c6nc(C)nc(C)n6)ccc2c5c43)cc(C)n1. The number of hydrogen-bond acceptors (Lipinski definition) is 4. The summed E-state index contributed by atoms with van der Waals surface area (Å²) in [7, 11) is 0. The molecule has 46 heavy (non-hydrogen) atoms. The van der Waals surface area contributed by atoms with Crippen LogP contribution in [0.2, 0.25) is 0 Å². The van der Waals surface area contributed by atoms with Gasteiger partial charge < -0.3 is 0 Å². The fraction of sp³-hybridized carbons (Fsp3) is 0.286. The maximum Gasteiger partial charge on any atom is 0.163 e. The first-order valence-corrected chi connectivity index (χ1v) is 16.2. The van der Waals surface area contributed by atoms with Gasteiger partial charge in [-0.2, -0.15) is 0 Å². The lowest BCUT2D eigenvalue weighted by molar-refractivity contribution is 0.569. The molecule has 0 saturated carbocycles. The zero-order chi connectivity index (χ0) is 32.7. The third-order valence-corrected chi connectivity index (χ3v) is 9.25. The Morgan fingerprint density at radius 2 is 0.957 bits per heavy atom. The molecule has 0 radical (unpaired) electrons. The molecule has 0 amide bonds. The predicted molar refractivity (Wildman–Crippen MR) is 194 cm³/mol. The van der Waals surface area contributed by atoms with E-state index in [1.54, 1.807) is 0 Å². The van der Waals surface area contributed by atoms with Crippen molar-refractivity contribution in [1.82, 2.24) is 19.9 Å². The quantitative estimate of drug-likeness (QED) is 0.189. The molecule has 0 atom stereocenters. The Bertz CT molecular complexity index is 2240. The largest absolute Gasteiger partial charge is 0.258 e. The molecule has 0 spiro atoms. The summed E-state index contributed by atoms with van der Waals surface area (Å²) in [4.78, 5) is 18.7. The van der Waals surface area contributed by atoms with Gasteiger partial charge in [0.2, 0.25) is 0 Å². The van der Waals surface area contributed by atoms with Gasteiger partial charge in [0.25, 0.3) is 0 Å². The highest BCUT2D eigenvalue weighted by Gasteiger charge is 2.24. The minimum absolute atomic E-state index is 0.0206. The van der Waals surface area contributed by atoms with Crippen molar-refractivity contribution in [2.75, 3.05) is 0 Å². The molecule has 5 aromatic carbocycles. The Hall–Kier alpha value is -4.70. The monoisotopic (exact) mass is 602 g/mol. The van der Waals surface area contributed by atoms with Crippen molar-refractivity contribution in [1.29, 1.82) is 0 Å². The van der Waals surface area contributed by atoms with Crippen molar-refractivity contribution < 1.29 is 0 Å². The molecule has 0 aliphatic rings. The van der Waals surface area contributed by atoms with Crippen LogP contribution in [0.15, 0.2) is 72.8 Å².